The highest BCUT2D eigenvalue weighted by Crippen LogP contribution is 2.40. The van der Waals surface area contributed by atoms with Crippen molar-refractivity contribution in [2.45, 2.75) is 31.7 Å². The van der Waals surface area contributed by atoms with E-state index in [4.69, 9.17) is 4.52 Å². The van der Waals surface area contributed by atoms with Gasteiger partial charge in [0.15, 0.2) is 0 Å². The Morgan fingerprint density at radius 2 is 2.08 bits per heavy atom. The fourth-order valence-electron chi connectivity index (χ4n) is 2.89. The first kappa shape index (κ1) is 16.4. The predicted octanol–water partition coefficient (Wildman–Crippen LogP) is 2.34. The Kier molecular flexibility index (Phi) is 4.04. The molecule has 0 radical (unpaired) electrons. The summed E-state index contributed by atoms with van der Waals surface area (Å²) in [5, 5.41) is 13.4. The number of aliphatic hydroxyl groups is 1. The number of aryl methyl sites for hydroxylation is 1. The quantitative estimate of drug-likeness (QED) is 0.907. The summed E-state index contributed by atoms with van der Waals surface area (Å²) in [7, 11) is 0. The molecule has 1 saturated heterocycles. The molecule has 0 saturated carbocycles. The number of carbonyl (C=O) groups excluding carboxylic acids is 1. The van der Waals surface area contributed by atoms with Crippen molar-refractivity contribution in [2.24, 2.45) is 0 Å². The second kappa shape index (κ2) is 5.90. The van der Waals surface area contributed by atoms with Gasteiger partial charge in [0.1, 0.15) is 0 Å². The molecule has 3 rings (SSSR count). The number of nitrogens with zero attached hydrogens (tertiary/aromatic N) is 3. The van der Waals surface area contributed by atoms with Crippen molar-refractivity contribution >= 4 is 5.91 Å². The predicted molar refractivity (Wildman–Crippen MR) is 74.9 cm³/mol. The molecule has 2 atom stereocenters. The lowest BCUT2D eigenvalue weighted by Gasteiger charge is -2.26. The zero-order valence-electron chi connectivity index (χ0n) is 12.6. The molecule has 1 N–H and O–H groups in total. The largest absolute Gasteiger partial charge is 0.416 e. The average molecular weight is 341 g/mol. The first-order valence-corrected chi connectivity index (χ1v) is 7.23. The Labute approximate surface area is 134 Å². The van der Waals surface area contributed by atoms with Gasteiger partial charge in [0.05, 0.1) is 17.7 Å². The highest BCUT2D eigenvalue weighted by molar-refractivity contribution is 5.91. The van der Waals surface area contributed by atoms with Crippen molar-refractivity contribution in [3.63, 3.8) is 0 Å². The highest BCUT2D eigenvalue weighted by atomic mass is 19.4. The minimum Gasteiger partial charge on any atom is -0.391 e. The van der Waals surface area contributed by atoms with E-state index in [0.29, 0.717) is 0 Å². The molecule has 1 aromatic carbocycles. The third-order valence-corrected chi connectivity index (χ3v) is 3.88. The number of carbonyl (C=O) groups is 1. The zero-order chi connectivity index (χ0) is 17.5. The zero-order valence-corrected chi connectivity index (χ0v) is 12.6. The van der Waals surface area contributed by atoms with E-state index in [1.165, 1.54) is 25.1 Å². The van der Waals surface area contributed by atoms with Crippen molar-refractivity contribution < 1.29 is 27.6 Å². The van der Waals surface area contributed by atoms with Crippen LogP contribution in [0, 0.1) is 6.92 Å². The Morgan fingerprint density at radius 1 is 1.38 bits per heavy atom. The van der Waals surface area contributed by atoms with E-state index >= 15 is 0 Å². The summed E-state index contributed by atoms with van der Waals surface area (Å²) in [5.41, 5.74) is -0.888. The van der Waals surface area contributed by atoms with Crippen LogP contribution in [-0.2, 0) is 6.18 Å². The summed E-state index contributed by atoms with van der Waals surface area (Å²) in [6, 6.07) is 4.11. The Hall–Kier alpha value is -2.42. The second-order valence-corrected chi connectivity index (χ2v) is 5.58. The minimum absolute atomic E-state index is 0.00959. The van der Waals surface area contributed by atoms with Gasteiger partial charge in [-0.3, -0.25) is 4.79 Å². The standard InChI is InChI=1S/C15H14F3N3O3/c1-8-19-13(20-24-8)14(23)21-7-9(22)6-12(21)10-4-2-3-5-11(10)15(16,17)18/h2-5,9,12,22H,6-7H2,1H3/t9-,12+/m0/s1. The molecule has 6 nitrogen and oxygen atoms in total. The smallest absolute Gasteiger partial charge is 0.391 e. The van der Waals surface area contributed by atoms with Gasteiger partial charge < -0.3 is 14.5 Å². The Morgan fingerprint density at radius 3 is 2.71 bits per heavy atom. The van der Waals surface area contributed by atoms with Gasteiger partial charge in [-0.1, -0.05) is 23.4 Å². The number of hydrogen-bond donors (Lipinski definition) is 1. The summed E-state index contributed by atoms with van der Waals surface area (Å²) in [6.07, 6.45) is -5.47. The molecule has 0 spiro atoms. The summed E-state index contributed by atoms with van der Waals surface area (Å²) in [4.78, 5) is 17.5. The van der Waals surface area contributed by atoms with Crippen LogP contribution in [-0.4, -0.2) is 38.7 Å². The second-order valence-electron chi connectivity index (χ2n) is 5.58. The van der Waals surface area contributed by atoms with E-state index in [-0.39, 0.29) is 30.2 Å². The number of amides is 1. The molecule has 1 aliphatic heterocycles. The van der Waals surface area contributed by atoms with Crippen LogP contribution in [0.1, 0.15) is 40.1 Å². The molecule has 2 aromatic rings. The first-order valence-electron chi connectivity index (χ1n) is 7.23. The topological polar surface area (TPSA) is 79.5 Å². The SMILES string of the molecule is Cc1nc(C(=O)N2C[C@@H](O)C[C@@H]2c2ccccc2C(F)(F)F)no1. The van der Waals surface area contributed by atoms with Gasteiger partial charge in [0.25, 0.3) is 11.7 Å². The number of alkyl halides is 3. The van der Waals surface area contributed by atoms with E-state index in [9.17, 15) is 23.1 Å². The van der Waals surface area contributed by atoms with Crippen LogP contribution in [0.3, 0.4) is 0 Å². The van der Waals surface area contributed by atoms with Crippen molar-refractivity contribution in [3.05, 3.63) is 47.1 Å². The summed E-state index contributed by atoms with van der Waals surface area (Å²) in [5.74, 6) is -0.744. The molecule has 0 aliphatic carbocycles. The van der Waals surface area contributed by atoms with Gasteiger partial charge in [0.2, 0.25) is 5.89 Å². The number of β-amino-alcohol motifs (C(OH)–C–C–N with tert-alkyl or cyclic N) is 1. The van der Waals surface area contributed by atoms with E-state index < -0.39 is 29.8 Å². The van der Waals surface area contributed by atoms with E-state index in [1.807, 2.05) is 0 Å². The van der Waals surface area contributed by atoms with Crippen LogP contribution in [0.5, 0.6) is 0 Å². The van der Waals surface area contributed by atoms with Crippen LogP contribution < -0.4 is 0 Å². The molecule has 24 heavy (non-hydrogen) atoms. The number of aliphatic hydroxyl groups excluding tert-OH is 1. The van der Waals surface area contributed by atoms with Crippen molar-refractivity contribution in [3.8, 4) is 0 Å². The van der Waals surface area contributed by atoms with Crippen LogP contribution in [0.4, 0.5) is 13.2 Å². The maximum absolute atomic E-state index is 13.2. The molecule has 1 aromatic heterocycles. The molecular weight excluding hydrogens is 327 g/mol. The normalized spacial score (nSPS) is 21.3. The fourth-order valence-corrected chi connectivity index (χ4v) is 2.89. The Bertz CT molecular complexity index is 760. The lowest BCUT2D eigenvalue weighted by Crippen LogP contribution is -2.33. The van der Waals surface area contributed by atoms with Gasteiger partial charge in [-0.2, -0.15) is 18.2 Å². The molecule has 0 bridgehead atoms. The average Bonchev–Trinajstić information content (AvgIpc) is 3.12. The van der Waals surface area contributed by atoms with Crippen LogP contribution in [0.15, 0.2) is 28.8 Å². The highest BCUT2D eigenvalue weighted by Gasteiger charge is 2.42. The Balaban J connectivity index is 1.99. The number of halogens is 3. The molecular formula is C15H14F3N3O3. The molecule has 2 heterocycles. The van der Waals surface area contributed by atoms with E-state index in [1.54, 1.807) is 0 Å². The molecule has 1 amide bonds. The number of benzene rings is 1. The number of aromatic nitrogens is 2. The maximum atomic E-state index is 13.2. The van der Waals surface area contributed by atoms with Crippen molar-refractivity contribution in [1.82, 2.24) is 15.0 Å². The fraction of sp³-hybridized carbons (Fsp3) is 0.400. The number of likely N-dealkylation sites (tertiary alicyclic amines) is 1. The van der Waals surface area contributed by atoms with Crippen LogP contribution in [0.25, 0.3) is 0 Å². The third-order valence-electron chi connectivity index (χ3n) is 3.88. The molecule has 128 valence electrons. The van der Waals surface area contributed by atoms with Gasteiger partial charge >= 0.3 is 6.18 Å². The van der Waals surface area contributed by atoms with E-state index in [2.05, 4.69) is 10.1 Å². The van der Waals surface area contributed by atoms with Gasteiger partial charge in [0, 0.05) is 13.5 Å². The minimum atomic E-state index is -4.55. The lowest BCUT2D eigenvalue weighted by molar-refractivity contribution is -0.138. The summed E-state index contributed by atoms with van der Waals surface area (Å²) < 4.78 is 44.5. The first-order chi connectivity index (χ1) is 11.3. The molecule has 1 fully saturated rings. The van der Waals surface area contributed by atoms with Crippen LogP contribution >= 0.6 is 0 Å². The summed E-state index contributed by atoms with van der Waals surface area (Å²) >= 11 is 0. The van der Waals surface area contributed by atoms with Gasteiger partial charge in [-0.05, 0) is 18.1 Å². The lowest BCUT2D eigenvalue weighted by atomic mass is 9.97. The van der Waals surface area contributed by atoms with Crippen molar-refractivity contribution in [2.75, 3.05) is 6.54 Å². The van der Waals surface area contributed by atoms with Crippen molar-refractivity contribution in [1.29, 1.82) is 0 Å². The van der Waals surface area contributed by atoms with Gasteiger partial charge in [-0.15, -0.1) is 0 Å². The summed E-state index contributed by atoms with van der Waals surface area (Å²) in [6.45, 7) is 1.41. The third kappa shape index (κ3) is 2.99. The van der Waals surface area contributed by atoms with E-state index in [0.717, 1.165) is 11.0 Å². The monoisotopic (exact) mass is 341 g/mol. The number of rotatable bonds is 2. The number of hydrogen-bond acceptors (Lipinski definition) is 5. The molecule has 1 aliphatic rings. The molecule has 9 heteroatoms. The van der Waals surface area contributed by atoms with Crippen LogP contribution in [0.2, 0.25) is 0 Å². The maximum Gasteiger partial charge on any atom is 0.416 e. The van der Waals surface area contributed by atoms with Gasteiger partial charge in [-0.25, -0.2) is 0 Å². The molecule has 0 unspecified atom stereocenters.